The summed E-state index contributed by atoms with van der Waals surface area (Å²) >= 11 is 13.5. The fourth-order valence-electron chi connectivity index (χ4n) is 2.06. The molecule has 7 heteroatoms. The summed E-state index contributed by atoms with van der Waals surface area (Å²) in [5, 5.41) is 12.4. The van der Waals surface area contributed by atoms with Crippen LogP contribution in [0, 0.1) is 0 Å². The van der Waals surface area contributed by atoms with Gasteiger partial charge in [0.2, 0.25) is 5.01 Å². The zero-order valence-electron chi connectivity index (χ0n) is 12.9. The number of hydrogen-bond acceptors (Lipinski definition) is 4. The van der Waals surface area contributed by atoms with Crippen LogP contribution in [0.2, 0.25) is 5.02 Å². The van der Waals surface area contributed by atoms with Crippen LogP contribution in [-0.2, 0) is 6.54 Å². The number of nitrogens with one attached hydrogen (secondary N) is 1. The molecule has 0 unspecified atom stereocenters. The number of nitrogens with zero attached hydrogens (tertiary/aromatic N) is 2. The molecule has 126 valence electrons. The number of benzene rings is 2. The van der Waals surface area contributed by atoms with Gasteiger partial charge in [0.05, 0.1) is 5.03 Å². The predicted molar refractivity (Wildman–Crippen MR) is 103 cm³/mol. The van der Waals surface area contributed by atoms with Crippen molar-refractivity contribution in [3.63, 3.8) is 0 Å². The second kappa shape index (κ2) is 8.25. The highest BCUT2D eigenvalue weighted by Crippen LogP contribution is 2.27. The van der Waals surface area contributed by atoms with Crippen molar-refractivity contribution in [1.29, 1.82) is 0 Å². The van der Waals surface area contributed by atoms with Crippen molar-refractivity contribution in [2.45, 2.75) is 6.54 Å². The minimum absolute atomic E-state index is 0.261. The van der Waals surface area contributed by atoms with Gasteiger partial charge >= 0.3 is 0 Å². The van der Waals surface area contributed by atoms with Gasteiger partial charge in [-0.3, -0.25) is 4.79 Å². The molecule has 0 bridgehead atoms. The van der Waals surface area contributed by atoms with Crippen LogP contribution in [0.5, 0.6) is 0 Å². The van der Waals surface area contributed by atoms with E-state index in [0.717, 1.165) is 22.5 Å². The Bertz CT molecular complexity index is 909. The molecular weight excluding hydrogens is 377 g/mol. The maximum atomic E-state index is 12.2. The lowest BCUT2D eigenvalue weighted by Gasteiger charge is -2.02. The Morgan fingerprint density at radius 2 is 1.72 bits per heavy atom. The van der Waals surface area contributed by atoms with Gasteiger partial charge in [0.1, 0.15) is 0 Å². The van der Waals surface area contributed by atoms with Gasteiger partial charge in [0.25, 0.3) is 5.91 Å². The van der Waals surface area contributed by atoms with E-state index < -0.39 is 0 Å². The summed E-state index contributed by atoms with van der Waals surface area (Å²) in [5.41, 5.74) is 1.79. The van der Waals surface area contributed by atoms with Gasteiger partial charge in [-0.15, -0.1) is 10.2 Å². The van der Waals surface area contributed by atoms with Crippen molar-refractivity contribution in [2.75, 3.05) is 0 Å². The highest BCUT2D eigenvalue weighted by atomic mass is 35.5. The van der Waals surface area contributed by atoms with Gasteiger partial charge in [0.15, 0.2) is 5.01 Å². The average Bonchev–Trinajstić information content (AvgIpc) is 3.13. The summed E-state index contributed by atoms with van der Waals surface area (Å²) in [4.78, 5) is 12.2. The van der Waals surface area contributed by atoms with Crippen molar-refractivity contribution < 1.29 is 4.79 Å². The predicted octanol–water partition coefficient (Wildman–Crippen LogP) is 4.86. The standard InChI is InChI=1S/C18H13Cl2N3OS/c19-14-9-5-4-8-13(14)10-15(20)17-22-23-18(25-17)16(24)21-11-12-6-2-1-3-7-12/h1-10H,11H2,(H,21,24)/b15-10-. The molecule has 1 heterocycles. The van der Waals surface area contributed by atoms with Gasteiger partial charge in [-0.1, -0.05) is 83.1 Å². The molecule has 0 saturated carbocycles. The largest absolute Gasteiger partial charge is 0.346 e. The van der Waals surface area contributed by atoms with Crippen LogP contribution in [0.3, 0.4) is 0 Å². The molecule has 3 aromatic rings. The van der Waals surface area contributed by atoms with E-state index in [1.54, 1.807) is 12.1 Å². The molecule has 0 radical (unpaired) electrons. The molecule has 0 aliphatic rings. The Morgan fingerprint density at radius 3 is 2.48 bits per heavy atom. The normalized spacial score (nSPS) is 11.4. The van der Waals surface area contributed by atoms with Crippen LogP contribution in [0.4, 0.5) is 0 Å². The van der Waals surface area contributed by atoms with Crippen LogP contribution in [0.25, 0.3) is 11.1 Å². The average molecular weight is 390 g/mol. The quantitative estimate of drug-likeness (QED) is 0.677. The monoisotopic (exact) mass is 389 g/mol. The van der Waals surface area contributed by atoms with Crippen molar-refractivity contribution in [3.8, 4) is 0 Å². The second-order valence-electron chi connectivity index (χ2n) is 5.09. The lowest BCUT2D eigenvalue weighted by molar-refractivity contribution is 0.0950. The fraction of sp³-hybridized carbons (Fsp3) is 0.0556. The van der Waals surface area contributed by atoms with E-state index in [4.69, 9.17) is 23.2 Å². The van der Waals surface area contributed by atoms with E-state index in [2.05, 4.69) is 15.5 Å². The second-order valence-corrected chi connectivity index (χ2v) is 6.89. The number of carbonyl (C=O) groups is 1. The molecule has 25 heavy (non-hydrogen) atoms. The molecular formula is C18H13Cl2N3OS. The Hall–Kier alpha value is -2.21. The zero-order chi connectivity index (χ0) is 17.6. The van der Waals surface area contributed by atoms with E-state index in [0.29, 0.717) is 21.6 Å². The summed E-state index contributed by atoms with van der Waals surface area (Å²) < 4.78 is 0. The molecule has 1 aromatic heterocycles. The third kappa shape index (κ3) is 4.66. The van der Waals surface area contributed by atoms with E-state index >= 15 is 0 Å². The highest BCUT2D eigenvalue weighted by Gasteiger charge is 2.14. The first kappa shape index (κ1) is 17.6. The maximum Gasteiger partial charge on any atom is 0.282 e. The maximum absolute atomic E-state index is 12.2. The topological polar surface area (TPSA) is 54.9 Å². The van der Waals surface area contributed by atoms with Gasteiger partial charge < -0.3 is 5.32 Å². The molecule has 4 nitrogen and oxygen atoms in total. The Labute approximate surface area is 159 Å². The first-order valence-corrected chi connectivity index (χ1v) is 8.98. The molecule has 1 N–H and O–H groups in total. The van der Waals surface area contributed by atoms with E-state index in [1.165, 1.54) is 0 Å². The lowest BCUT2D eigenvalue weighted by Crippen LogP contribution is -2.22. The first-order chi connectivity index (χ1) is 12.1. The van der Waals surface area contributed by atoms with E-state index in [9.17, 15) is 4.79 Å². The van der Waals surface area contributed by atoms with Gasteiger partial charge in [0, 0.05) is 11.6 Å². The van der Waals surface area contributed by atoms with Crippen LogP contribution in [0.15, 0.2) is 54.6 Å². The number of amides is 1. The van der Waals surface area contributed by atoms with Crippen molar-refractivity contribution in [3.05, 3.63) is 80.8 Å². The van der Waals surface area contributed by atoms with Gasteiger partial charge in [-0.05, 0) is 23.3 Å². The Kier molecular flexibility index (Phi) is 5.81. The Balaban J connectivity index is 1.69. The Morgan fingerprint density at radius 1 is 1.04 bits per heavy atom. The summed E-state index contributed by atoms with van der Waals surface area (Å²) in [6, 6.07) is 17.0. The molecule has 0 aliphatic carbocycles. The molecule has 3 rings (SSSR count). The minimum atomic E-state index is -0.283. The summed E-state index contributed by atoms with van der Waals surface area (Å²) in [7, 11) is 0. The SMILES string of the molecule is O=C(NCc1ccccc1)c1nnc(/C(Cl)=C/c2ccccc2Cl)s1. The summed E-state index contributed by atoms with van der Waals surface area (Å²) in [6.07, 6.45) is 1.70. The van der Waals surface area contributed by atoms with Crippen molar-refractivity contribution >= 4 is 51.6 Å². The third-order valence-electron chi connectivity index (χ3n) is 3.31. The smallest absolute Gasteiger partial charge is 0.282 e. The third-order valence-corrected chi connectivity index (χ3v) is 5.01. The van der Waals surface area contributed by atoms with Crippen LogP contribution >= 0.6 is 34.5 Å². The van der Waals surface area contributed by atoms with E-state index in [1.807, 2.05) is 48.5 Å². The first-order valence-electron chi connectivity index (χ1n) is 7.41. The molecule has 0 aliphatic heterocycles. The summed E-state index contributed by atoms with van der Waals surface area (Å²) in [5.74, 6) is -0.283. The number of hydrogen-bond donors (Lipinski definition) is 1. The van der Waals surface area contributed by atoms with Crippen molar-refractivity contribution in [1.82, 2.24) is 15.5 Å². The molecule has 0 spiro atoms. The van der Waals surface area contributed by atoms with Gasteiger partial charge in [-0.2, -0.15) is 0 Å². The zero-order valence-corrected chi connectivity index (χ0v) is 15.3. The molecule has 0 fully saturated rings. The van der Waals surface area contributed by atoms with Crippen LogP contribution < -0.4 is 5.32 Å². The lowest BCUT2D eigenvalue weighted by atomic mass is 10.2. The molecule has 0 atom stereocenters. The number of halogens is 2. The minimum Gasteiger partial charge on any atom is -0.346 e. The summed E-state index contributed by atoms with van der Waals surface area (Å²) in [6.45, 7) is 0.428. The molecule has 1 amide bonds. The molecule has 0 saturated heterocycles. The highest BCUT2D eigenvalue weighted by molar-refractivity contribution is 7.15. The molecule has 2 aromatic carbocycles. The van der Waals surface area contributed by atoms with Crippen LogP contribution in [-0.4, -0.2) is 16.1 Å². The van der Waals surface area contributed by atoms with Crippen molar-refractivity contribution in [2.24, 2.45) is 0 Å². The number of aromatic nitrogens is 2. The van der Waals surface area contributed by atoms with Gasteiger partial charge in [-0.25, -0.2) is 0 Å². The van der Waals surface area contributed by atoms with Crippen LogP contribution in [0.1, 0.15) is 25.9 Å². The number of rotatable bonds is 5. The number of carbonyl (C=O) groups excluding carboxylic acids is 1. The van der Waals surface area contributed by atoms with E-state index in [-0.39, 0.29) is 10.9 Å². The fourth-order valence-corrected chi connectivity index (χ4v) is 3.18.